The van der Waals surface area contributed by atoms with Gasteiger partial charge in [0.25, 0.3) is 0 Å². The van der Waals surface area contributed by atoms with Gasteiger partial charge >= 0.3 is 0 Å². The van der Waals surface area contributed by atoms with Crippen molar-refractivity contribution in [2.24, 2.45) is 0 Å². The third-order valence-electron chi connectivity index (χ3n) is 3.95. The lowest BCUT2D eigenvalue weighted by Crippen LogP contribution is -2.15. The predicted octanol–water partition coefficient (Wildman–Crippen LogP) is 3.02. The summed E-state index contributed by atoms with van der Waals surface area (Å²) in [5.41, 5.74) is 3.79. The Balaban J connectivity index is 1.68. The second-order valence-electron chi connectivity index (χ2n) is 5.66. The third kappa shape index (κ3) is 4.02. The van der Waals surface area contributed by atoms with Gasteiger partial charge in [0.05, 0.1) is 18.6 Å². The van der Waals surface area contributed by atoms with Gasteiger partial charge in [-0.15, -0.1) is 5.10 Å². The van der Waals surface area contributed by atoms with Crippen molar-refractivity contribution in [3.05, 3.63) is 53.6 Å². The number of carbonyl (C=O) groups is 1. The molecule has 8 heteroatoms. The van der Waals surface area contributed by atoms with Gasteiger partial charge in [-0.25, -0.2) is 0 Å². The van der Waals surface area contributed by atoms with E-state index >= 15 is 0 Å². The standard InChI is InChI=1S/C18H19N5O2S/c1-12-6-4-9-16(13(12)2)19-17(24)11-26-18-20-21-22-23(18)14-7-5-8-15(10-14)25-3/h4-10H,11H2,1-3H3,(H,19,24). The van der Waals surface area contributed by atoms with Gasteiger partial charge in [0, 0.05) is 11.8 Å². The number of carbonyl (C=O) groups excluding carboxylic acids is 1. The Morgan fingerprint density at radius 1 is 1.23 bits per heavy atom. The van der Waals surface area contributed by atoms with Crippen LogP contribution >= 0.6 is 11.8 Å². The molecule has 0 aliphatic heterocycles. The fraction of sp³-hybridized carbons (Fsp3) is 0.222. The zero-order valence-corrected chi connectivity index (χ0v) is 15.6. The minimum atomic E-state index is -0.108. The number of nitrogens with zero attached hydrogens (tertiary/aromatic N) is 4. The lowest BCUT2D eigenvalue weighted by molar-refractivity contribution is -0.113. The number of ether oxygens (including phenoxy) is 1. The third-order valence-corrected chi connectivity index (χ3v) is 4.87. The van der Waals surface area contributed by atoms with Crippen molar-refractivity contribution in [2.45, 2.75) is 19.0 Å². The molecule has 0 atom stereocenters. The van der Waals surface area contributed by atoms with Crippen molar-refractivity contribution in [3.8, 4) is 11.4 Å². The minimum Gasteiger partial charge on any atom is -0.497 e. The zero-order valence-electron chi connectivity index (χ0n) is 14.8. The molecule has 26 heavy (non-hydrogen) atoms. The molecule has 0 spiro atoms. The molecule has 1 amide bonds. The number of thioether (sulfide) groups is 1. The van der Waals surface area contributed by atoms with E-state index in [4.69, 9.17) is 4.74 Å². The summed E-state index contributed by atoms with van der Waals surface area (Å²) in [5.74, 6) is 0.808. The average Bonchev–Trinajstić information content (AvgIpc) is 3.12. The Hall–Kier alpha value is -2.87. The molecule has 134 valence electrons. The molecular formula is C18H19N5O2S. The number of hydrogen-bond donors (Lipinski definition) is 1. The number of amides is 1. The summed E-state index contributed by atoms with van der Waals surface area (Å²) in [6.07, 6.45) is 0. The first kappa shape index (κ1) is 17.9. The summed E-state index contributed by atoms with van der Waals surface area (Å²) in [5, 5.41) is 15.2. The normalized spacial score (nSPS) is 10.6. The lowest BCUT2D eigenvalue weighted by atomic mass is 10.1. The van der Waals surface area contributed by atoms with Gasteiger partial charge < -0.3 is 10.1 Å². The maximum atomic E-state index is 12.3. The number of rotatable bonds is 6. The second kappa shape index (κ2) is 8.01. The first-order valence-electron chi connectivity index (χ1n) is 8.00. The fourth-order valence-corrected chi connectivity index (χ4v) is 3.07. The highest BCUT2D eigenvalue weighted by molar-refractivity contribution is 7.99. The van der Waals surface area contributed by atoms with E-state index in [1.807, 2.05) is 56.3 Å². The van der Waals surface area contributed by atoms with E-state index in [1.54, 1.807) is 11.8 Å². The first-order valence-corrected chi connectivity index (χ1v) is 8.98. The van der Waals surface area contributed by atoms with Crippen molar-refractivity contribution >= 4 is 23.4 Å². The number of tetrazole rings is 1. The van der Waals surface area contributed by atoms with Crippen LogP contribution in [0.15, 0.2) is 47.6 Å². The molecule has 0 bridgehead atoms. The van der Waals surface area contributed by atoms with Gasteiger partial charge in [0.2, 0.25) is 11.1 Å². The highest BCUT2D eigenvalue weighted by atomic mass is 32.2. The summed E-state index contributed by atoms with van der Waals surface area (Å²) in [6.45, 7) is 4.00. The molecule has 3 aromatic rings. The first-order chi connectivity index (χ1) is 12.6. The maximum absolute atomic E-state index is 12.3. The van der Waals surface area contributed by atoms with Crippen molar-refractivity contribution in [2.75, 3.05) is 18.2 Å². The van der Waals surface area contributed by atoms with E-state index in [-0.39, 0.29) is 11.7 Å². The van der Waals surface area contributed by atoms with E-state index in [1.165, 1.54) is 11.8 Å². The van der Waals surface area contributed by atoms with Crippen LogP contribution in [0, 0.1) is 13.8 Å². The van der Waals surface area contributed by atoms with Gasteiger partial charge in [-0.3, -0.25) is 4.79 Å². The molecule has 0 saturated heterocycles. The van der Waals surface area contributed by atoms with Crippen LogP contribution in [0.25, 0.3) is 5.69 Å². The summed E-state index contributed by atoms with van der Waals surface area (Å²) < 4.78 is 6.81. The monoisotopic (exact) mass is 369 g/mol. The Kier molecular flexibility index (Phi) is 5.52. The molecule has 7 nitrogen and oxygen atoms in total. The van der Waals surface area contributed by atoms with Crippen LogP contribution in [-0.4, -0.2) is 39.0 Å². The van der Waals surface area contributed by atoms with Gasteiger partial charge in [0.15, 0.2) is 0 Å². The topological polar surface area (TPSA) is 81.9 Å². The number of anilines is 1. The predicted molar refractivity (Wildman–Crippen MR) is 101 cm³/mol. The van der Waals surface area contributed by atoms with E-state index < -0.39 is 0 Å². The maximum Gasteiger partial charge on any atom is 0.234 e. The highest BCUT2D eigenvalue weighted by Gasteiger charge is 2.13. The van der Waals surface area contributed by atoms with E-state index in [0.29, 0.717) is 10.9 Å². The molecule has 0 fully saturated rings. The van der Waals surface area contributed by atoms with Crippen molar-refractivity contribution in [1.82, 2.24) is 20.2 Å². The number of aryl methyl sites for hydroxylation is 1. The largest absolute Gasteiger partial charge is 0.497 e. The molecule has 0 unspecified atom stereocenters. The molecule has 1 aromatic heterocycles. The Morgan fingerprint density at radius 3 is 2.85 bits per heavy atom. The molecule has 0 saturated carbocycles. The summed E-state index contributed by atoms with van der Waals surface area (Å²) in [6, 6.07) is 13.2. The summed E-state index contributed by atoms with van der Waals surface area (Å²) in [4.78, 5) is 12.3. The van der Waals surface area contributed by atoms with Crippen LogP contribution in [0.5, 0.6) is 5.75 Å². The lowest BCUT2D eigenvalue weighted by Gasteiger charge is -2.10. The highest BCUT2D eigenvalue weighted by Crippen LogP contribution is 2.22. The minimum absolute atomic E-state index is 0.108. The second-order valence-corrected chi connectivity index (χ2v) is 6.60. The molecule has 0 aliphatic rings. The molecule has 2 aromatic carbocycles. The van der Waals surface area contributed by atoms with Gasteiger partial charge in [-0.2, -0.15) is 4.68 Å². The van der Waals surface area contributed by atoms with Gasteiger partial charge in [-0.1, -0.05) is 30.0 Å². The van der Waals surface area contributed by atoms with E-state index in [0.717, 1.165) is 22.5 Å². The van der Waals surface area contributed by atoms with Crippen LogP contribution in [0.1, 0.15) is 11.1 Å². The van der Waals surface area contributed by atoms with E-state index in [9.17, 15) is 4.79 Å². The average molecular weight is 369 g/mol. The number of aromatic nitrogens is 4. The number of methoxy groups -OCH3 is 1. The smallest absolute Gasteiger partial charge is 0.234 e. The Bertz CT molecular complexity index is 925. The molecule has 1 heterocycles. The molecule has 1 N–H and O–H groups in total. The van der Waals surface area contributed by atoms with Crippen molar-refractivity contribution in [1.29, 1.82) is 0 Å². The molecule has 0 aliphatic carbocycles. The molecule has 0 radical (unpaired) electrons. The Labute approximate surface area is 155 Å². The van der Waals surface area contributed by atoms with Gasteiger partial charge in [0.1, 0.15) is 5.75 Å². The molecular weight excluding hydrogens is 350 g/mol. The molecule has 3 rings (SSSR count). The van der Waals surface area contributed by atoms with Gasteiger partial charge in [-0.05, 0) is 53.6 Å². The number of hydrogen-bond acceptors (Lipinski definition) is 6. The quantitative estimate of drug-likeness (QED) is 0.673. The SMILES string of the molecule is COc1cccc(-n2nnnc2SCC(=O)Nc2cccc(C)c2C)c1. The van der Waals surface area contributed by atoms with Crippen molar-refractivity contribution < 1.29 is 9.53 Å². The van der Waals surface area contributed by atoms with Crippen LogP contribution in [-0.2, 0) is 4.79 Å². The summed E-state index contributed by atoms with van der Waals surface area (Å²) >= 11 is 1.27. The Morgan fingerprint density at radius 2 is 2.04 bits per heavy atom. The fourth-order valence-electron chi connectivity index (χ4n) is 2.38. The van der Waals surface area contributed by atoms with Crippen LogP contribution in [0.3, 0.4) is 0 Å². The van der Waals surface area contributed by atoms with Crippen LogP contribution in [0.4, 0.5) is 5.69 Å². The zero-order chi connectivity index (χ0) is 18.5. The van der Waals surface area contributed by atoms with Crippen LogP contribution < -0.4 is 10.1 Å². The number of benzene rings is 2. The summed E-state index contributed by atoms with van der Waals surface area (Å²) in [7, 11) is 1.60. The van der Waals surface area contributed by atoms with E-state index in [2.05, 4.69) is 20.8 Å². The number of nitrogens with one attached hydrogen (secondary N) is 1. The van der Waals surface area contributed by atoms with Crippen LogP contribution in [0.2, 0.25) is 0 Å². The van der Waals surface area contributed by atoms with Crippen molar-refractivity contribution in [3.63, 3.8) is 0 Å².